The minimum atomic E-state index is 0.536. The van der Waals surface area contributed by atoms with Gasteiger partial charge in [-0.3, -0.25) is 0 Å². The van der Waals surface area contributed by atoms with Gasteiger partial charge in [0.15, 0.2) is 0 Å². The Hall–Kier alpha value is -1.12. The van der Waals surface area contributed by atoms with Crippen molar-refractivity contribution < 1.29 is 0 Å². The van der Waals surface area contributed by atoms with Gasteiger partial charge in [0.1, 0.15) is 0 Å². The molecule has 0 spiro atoms. The van der Waals surface area contributed by atoms with Gasteiger partial charge in [-0.2, -0.15) is 0 Å². The number of rotatable bonds is 5. The minimum Gasteiger partial charge on any atom is -0.310 e. The van der Waals surface area contributed by atoms with Crippen LogP contribution in [0.25, 0.3) is 10.4 Å². The van der Waals surface area contributed by atoms with E-state index >= 15 is 0 Å². The third kappa shape index (κ3) is 3.68. The zero-order chi connectivity index (χ0) is 13.8. The highest BCUT2D eigenvalue weighted by Crippen LogP contribution is 2.33. The van der Waals surface area contributed by atoms with Crippen molar-refractivity contribution in [3.8, 4) is 10.4 Å². The molecule has 2 heteroatoms. The van der Waals surface area contributed by atoms with E-state index in [1.165, 1.54) is 20.9 Å². The first-order chi connectivity index (χ1) is 9.08. The molecule has 0 aliphatic carbocycles. The molecule has 0 aliphatic heterocycles. The molecule has 1 N–H and O–H groups in total. The minimum absolute atomic E-state index is 0.536. The fourth-order valence-corrected chi connectivity index (χ4v) is 3.15. The van der Waals surface area contributed by atoms with E-state index in [-0.39, 0.29) is 0 Å². The highest BCUT2D eigenvalue weighted by Gasteiger charge is 2.10. The third-order valence-corrected chi connectivity index (χ3v) is 4.31. The maximum atomic E-state index is 3.47. The summed E-state index contributed by atoms with van der Waals surface area (Å²) in [5.74, 6) is 0.565. The van der Waals surface area contributed by atoms with Crippen molar-refractivity contribution in [2.75, 3.05) is 0 Å². The zero-order valence-electron chi connectivity index (χ0n) is 12.2. The van der Waals surface area contributed by atoms with E-state index in [9.17, 15) is 0 Å². The van der Waals surface area contributed by atoms with Gasteiger partial charge in [-0.05, 0) is 29.2 Å². The fraction of sp³-hybridized carbons (Fsp3) is 0.412. The Balaban J connectivity index is 2.23. The molecule has 0 amide bonds. The summed E-state index contributed by atoms with van der Waals surface area (Å²) in [5, 5.41) is 3.47. The molecule has 0 aliphatic rings. The van der Waals surface area contributed by atoms with Gasteiger partial charge in [-0.1, -0.05) is 52.0 Å². The van der Waals surface area contributed by atoms with Crippen LogP contribution in [0.5, 0.6) is 0 Å². The molecule has 0 saturated carbocycles. The molecule has 19 heavy (non-hydrogen) atoms. The third-order valence-electron chi connectivity index (χ3n) is 3.19. The van der Waals surface area contributed by atoms with Crippen molar-refractivity contribution in [3.05, 3.63) is 46.8 Å². The lowest BCUT2D eigenvalue weighted by atomic mass is 9.96. The van der Waals surface area contributed by atoms with Crippen molar-refractivity contribution in [2.45, 2.75) is 46.2 Å². The first-order valence-corrected chi connectivity index (χ1v) is 7.81. The molecule has 0 atom stereocenters. The van der Waals surface area contributed by atoms with Crippen molar-refractivity contribution in [1.82, 2.24) is 5.32 Å². The lowest BCUT2D eigenvalue weighted by Crippen LogP contribution is -2.21. The average Bonchev–Trinajstić information content (AvgIpc) is 2.85. The zero-order valence-corrected chi connectivity index (χ0v) is 13.1. The topological polar surface area (TPSA) is 12.0 Å². The molecule has 0 unspecified atom stereocenters. The van der Waals surface area contributed by atoms with Crippen LogP contribution in [0.15, 0.2) is 36.4 Å². The fourth-order valence-electron chi connectivity index (χ4n) is 2.15. The van der Waals surface area contributed by atoms with Crippen LogP contribution in [-0.2, 0) is 6.54 Å². The molecular weight excluding hydrogens is 250 g/mol. The molecule has 1 nitrogen and oxygen atoms in total. The van der Waals surface area contributed by atoms with Crippen molar-refractivity contribution in [3.63, 3.8) is 0 Å². The smallest absolute Gasteiger partial charge is 0.0349 e. The van der Waals surface area contributed by atoms with Gasteiger partial charge in [0, 0.05) is 22.3 Å². The summed E-state index contributed by atoms with van der Waals surface area (Å²) in [4.78, 5) is 2.78. The van der Waals surface area contributed by atoms with E-state index in [0.717, 1.165) is 6.54 Å². The maximum Gasteiger partial charge on any atom is 0.0349 e. The van der Waals surface area contributed by atoms with Crippen LogP contribution in [0, 0.1) is 0 Å². The predicted octanol–water partition coefficient (Wildman–Crippen LogP) is 5.04. The van der Waals surface area contributed by atoms with Gasteiger partial charge in [0.25, 0.3) is 0 Å². The Kier molecular flexibility index (Phi) is 4.78. The van der Waals surface area contributed by atoms with Crippen LogP contribution in [0.4, 0.5) is 0 Å². The van der Waals surface area contributed by atoms with Crippen molar-refractivity contribution in [1.29, 1.82) is 0 Å². The monoisotopic (exact) mass is 273 g/mol. The summed E-state index contributed by atoms with van der Waals surface area (Å²) in [6.45, 7) is 9.85. The summed E-state index contributed by atoms with van der Waals surface area (Å²) in [7, 11) is 0. The van der Waals surface area contributed by atoms with Gasteiger partial charge < -0.3 is 5.32 Å². The average molecular weight is 273 g/mol. The Morgan fingerprint density at radius 2 is 1.74 bits per heavy atom. The van der Waals surface area contributed by atoms with E-state index in [4.69, 9.17) is 0 Å². The van der Waals surface area contributed by atoms with Gasteiger partial charge in [-0.15, -0.1) is 11.3 Å². The second-order valence-electron chi connectivity index (χ2n) is 5.54. The highest BCUT2D eigenvalue weighted by molar-refractivity contribution is 7.15. The van der Waals surface area contributed by atoms with Gasteiger partial charge in [0.05, 0.1) is 0 Å². The summed E-state index contributed by atoms with van der Waals surface area (Å²) in [5.41, 5.74) is 2.83. The van der Waals surface area contributed by atoms with Gasteiger partial charge >= 0.3 is 0 Å². The van der Waals surface area contributed by atoms with E-state index in [1.807, 2.05) is 11.3 Å². The molecule has 0 fully saturated rings. The molecule has 0 saturated heterocycles. The van der Waals surface area contributed by atoms with E-state index in [2.05, 4.69) is 69.4 Å². The Morgan fingerprint density at radius 3 is 2.42 bits per heavy atom. The summed E-state index contributed by atoms with van der Waals surface area (Å²) >= 11 is 1.90. The van der Waals surface area contributed by atoms with E-state index in [1.54, 1.807) is 0 Å². The Morgan fingerprint density at radius 1 is 1.00 bits per heavy atom. The highest BCUT2D eigenvalue weighted by atomic mass is 32.1. The Labute approximate surface area is 120 Å². The van der Waals surface area contributed by atoms with Gasteiger partial charge in [0.2, 0.25) is 0 Å². The molecule has 0 bridgehead atoms. The second kappa shape index (κ2) is 6.36. The summed E-state index contributed by atoms with van der Waals surface area (Å²) < 4.78 is 0. The molecule has 1 heterocycles. The first-order valence-electron chi connectivity index (χ1n) is 6.99. The molecular formula is C17H23NS. The largest absolute Gasteiger partial charge is 0.310 e. The van der Waals surface area contributed by atoms with Crippen LogP contribution in [-0.4, -0.2) is 6.04 Å². The molecule has 0 radical (unpaired) electrons. The predicted molar refractivity (Wildman–Crippen MR) is 85.8 cm³/mol. The Bertz CT molecular complexity index is 526. The number of benzene rings is 1. The molecule has 2 aromatic rings. The summed E-state index contributed by atoms with van der Waals surface area (Å²) in [6.07, 6.45) is 0. The SMILES string of the molecule is CC(C)NCc1ccc(-c2ccccc2C(C)C)s1. The number of thiophene rings is 1. The van der Waals surface area contributed by atoms with Crippen molar-refractivity contribution >= 4 is 11.3 Å². The van der Waals surface area contributed by atoms with Crippen molar-refractivity contribution in [2.24, 2.45) is 0 Å². The normalized spacial score (nSPS) is 11.5. The van der Waals surface area contributed by atoms with Crippen LogP contribution < -0.4 is 5.32 Å². The summed E-state index contributed by atoms with van der Waals surface area (Å²) in [6, 6.07) is 13.8. The second-order valence-corrected chi connectivity index (χ2v) is 6.71. The number of hydrogen-bond donors (Lipinski definition) is 1. The maximum absolute atomic E-state index is 3.47. The molecule has 1 aromatic carbocycles. The standard InChI is InChI=1S/C17H23NS/c1-12(2)15-7-5-6-8-16(15)17-10-9-14(19-17)11-18-13(3)4/h5-10,12-13,18H,11H2,1-4H3. The van der Waals surface area contributed by atoms with E-state index < -0.39 is 0 Å². The quantitative estimate of drug-likeness (QED) is 0.805. The number of nitrogens with one attached hydrogen (secondary N) is 1. The van der Waals surface area contributed by atoms with Gasteiger partial charge in [-0.25, -0.2) is 0 Å². The van der Waals surface area contributed by atoms with E-state index in [0.29, 0.717) is 12.0 Å². The van der Waals surface area contributed by atoms with Crippen LogP contribution >= 0.6 is 11.3 Å². The molecule has 1 aromatic heterocycles. The molecule has 2 rings (SSSR count). The number of hydrogen-bond acceptors (Lipinski definition) is 2. The van der Waals surface area contributed by atoms with Crippen LogP contribution in [0.1, 0.15) is 44.1 Å². The van der Waals surface area contributed by atoms with Crippen LogP contribution in [0.2, 0.25) is 0 Å². The first kappa shape index (κ1) is 14.3. The lowest BCUT2D eigenvalue weighted by Gasteiger charge is -2.11. The van der Waals surface area contributed by atoms with Crippen LogP contribution in [0.3, 0.4) is 0 Å². The molecule has 102 valence electrons. The lowest BCUT2D eigenvalue weighted by molar-refractivity contribution is 0.593.